The molecule has 0 atom stereocenters. The Morgan fingerprint density at radius 2 is 1.47 bits per heavy atom. The normalized spacial score (nSPS) is 32.1. The molecule has 1 saturated carbocycles. The second-order valence-electron chi connectivity index (χ2n) is 7.16. The highest BCUT2D eigenvalue weighted by Gasteiger charge is 2.42. The molecule has 0 unspecified atom stereocenters. The summed E-state index contributed by atoms with van der Waals surface area (Å²) in [5, 5.41) is 6.96. The first-order chi connectivity index (χ1) is 9.25. The van der Waals surface area contributed by atoms with E-state index in [9.17, 15) is 0 Å². The first-order valence-corrected chi connectivity index (χ1v) is 8.42. The van der Waals surface area contributed by atoms with Crippen molar-refractivity contribution in [2.75, 3.05) is 33.2 Å². The van der Waals surface area contributed by atoms with Crippen LogP contribution >= 0.6 is 0 Å². The van der Waals surface area contributed by atoms with Crippen molar-refractivity contribution in [1.29, 1.82) is 0 Å². The molecule has 3 saturated heterocycles. The number of nitrogens with zero attached hydrogens (tertiary/aromatic N) is 1. The Morgan fingerprint density at radius 3 is 1.79 bits per heavy atom. The predicted molar refractivity (Wildman–Crippen MR) is 80.5 cm³/mol. The number of piperidine rings is 1. The van der Waals surface area contributed by atoms with Crippen LogP contribution in [0.15, 0.2) is 0 Å². The number of nitrogens with one attached hydrogen (secondary N) is 2. The van der Waals surface area contributed by atoms with Gasteiger partial charge in [-0.25, -0.2) is 0 Å². The number of hydrogen-bond acceptors (Lipinski definition) is 3. The van der Waals surface area contributed by atoms with Crippen molar-refractivity contribution in [3.05, 3.63) is 0 Å². The molecule has 0 radical (unpaired) electrons. The van der Waals surface area contributed by atoms with Crippen LogP contribution in [-0.4, -0.2) is 49.2 Å². The molecule has 0 aromatic heterocycles. The molecule has 0 aromatic carbocycles. The maximum absolute atomic E-state index is 3.56. The van der Waals surface area contributed by atoms with Crippen molar-refractivity contribution in [2.45, 2.75) is 68.9 Å². The fourth-order valence-corrected chi connectivity index (χ4v) is 4.31. The quantitative estimate of drug-likeness (QED) is 0.702. The van der Waals surface area contributed by atoms with E-state index in [0.717, 1.165) is 0 Å². The average Bonchev–Trinajstić information content (AvgIpc) is 2.46. The summed E-state index contributed by atoms with van der Waals surface area (Å²) < 4.78 is 0. The molecule has 3 heteroatoms. The second kappa shape index (κ2) is 5.71. The van der Waals surface area contributed by atoms with Gasteiger partial charge in [0.15, 0.2) is 0 Å². The van der Waals surface area contributed by atoms with Crippen LogP contribution in [0.4, 0.5) is 0 Å². The van der Waals surface area contributed by atoms with Crippen LogP contribution in [0.5, 0.6) is 0 Å². The maximum Gasteiger partial charge on any atom is 0.0242 e. The van der Waals surface area contributed by atoms with E-state index in [4.69, 9.17) is 0 Å². The zero-order valence-electron chi connectivity index (χ0n) is 12.6. The van der Waals surface area contributed by atoms with Crippen molar-refractivity contribution in [3.8, 4) is 0 Å². The largest absolute Gasteiger partial charge is 0.317 e. The van der Waals surface area contributed by atoms with Crippen molar-refractivity contribution in [1.82, 2.24) is 15.5 Å². The highest BCUT2D eigenvalue weighted by molar-refractivity contribution is 5.00. The van der Waals surface area contributed by atoms with E-state index in [0.29, 0.717) is 11.1 Å². The van der Waals surface area contributed by atoms with E-state index >= 15 is 0 Å². The van der Waals surface area contributed by atoms with Gasteiger partial charge in [-0.15, -0.1) is 0 Å². The molecule has 3 aliphatic heterocycles. The third-order valence-electron chi connectivity index (χ3n) is 6.17. The molecule has 110 valence electrons. The molecule has 2 N–H and O–H groups in total. The van der Waals surface area contributed by atoms with Crippen LogP contribution in [0.2, 0.25) is 0 Å². The van der Waals surface area contributed by atoms with Gasteiger partial charge in [0.1, 0.15) is 0 Å². The summed E-state index contributed by atoms with van der Waals surface area (Å²) in [6.45, 7) is 5.05. The monoisotopic (exact) mass is 265 g/mol. The molecular formula is C16H31N3. The molecule has 0 amide bonds. The van der Waals surface area contributed by atoms with Gasteiger partial charge in [0.05, 0.1) is 0 Å². The van der Waals surface area contributed by atoms with E-state index in [1.807, 2.05) is 0 Å². The van der Waals surface area contributed by atoms with Crippen LogP contribution in [0.25, 0.3) is 0 Å². The molecule has 4 fully saturated rings. The number of likely N-dealkylation sites (tertiary alicyclic amines) is 1. The van der Waals surface area contributed by atoms with E-state index in [2.05, 4.69) is 22.6 Å². The van der Waals surface area contributed by atoms with Gasteiger partial charge >= 0.3 is 0 Å². The zero-order valence-corrected chi connectivity index (χ0v) is 12.6. The van der Waals surface area contributed by atoms with Crippen molar-refractivity contribution >= 4 is 0 Å². The summed E-state index contributed by atoms with van der Waals surface area (Å²) in [5.74, 6) is 0. The Kier molecular flexibility index (Phi) is 4.16. The molecule has 3 nitrogen and oxygen atoms in total. The van der Waals surface area contributed by atoms with Gasteiger partial charge < -0.3 is 15.5 Å². The van der Waals surface area contributed by atoms with Crippen LogP contribution in [0.3, 0.4) is 0 Å². The highest BCUT2D eigenvalue weighted by Crippen LogP contribution is 2.36. The Labute approximate surface area is 118 Å². The van der Waals surface area contributed by atoms with Gasteiger partial charge in [0, 0.05) is 17.6 Å². The van der Waals surface area contributed by atoms with E-state index < -0.39 is 0 Å². The lowest BCUT2D eigenvalue weighted by atomic mass is 9.75. The standard InChI is InChI=1S/C8H16N2.C8H15N/c1-10-7-4-8(10)2-5-9-6-3-8;1-2-4-8(5-3-1)6-7-9-8/h9H,2-7H2,1H3;9H,1-7H2. The Balaban J connectivity index is 0.000000117. The maximum atomic E-state index is 3.56. The van der Waals surface area contributed by atoms with Crippen LogP contribution in [0.1, 0.15) is 57.8 Å². The third kappa shape index (κ3) is 2.84. The lowest BCUT2D eigenvalue weighted by molar-refractivity contribution is -0.0139. The van der Waals surface area contributed by atoms with Gasteiger partial charge in [-0.05, 0) is 65.2 Å². The first kappa shape index (κ1) is 13.8. The molecule has 4 aliphatic rings. The van der Waals surface area contributed by atoms with Gasteiger partial charge in [0.25, 0.3) is 0 Å². The Bertz CT molecular complexity index is 284. The molecule has 0 aromatic rings. The zero-order chi connectivity index (χ0) is 13.2. The summed E-state index contributed by atoms with van der Waals surface area (Å²) in [4.78, 5) is 2.52. The molecule has 0 bridgehead atoms. The molecule has 1 aliphatic carbocycles. The summed E-state index contributed by atoms with van der Waals surface area (Å²) >= 11 is 0. The Morgan fingerprint density at radius 1 is 0.789 bits per heavy atom. The minimum absolute atomic E-state index is 0.630. The molecular weight excluding hydrogens is 234 g/mol. The number of hydrogen-bond donors (Lipinski definition) is 2. The van der Waals surface area contributed by atoms with Crippen molar-refractivity contribution in [2.24, 2.45) is 0 Å². The second-order valence-corrected chi connectivity index (χ2v) is 7.16. The van der Waals surface area contributed by atoms with Gasteiger partial charge in [0.2, 0.25) is 0 Å². The highest BCUT2D eigenvalue weighted by atomic mass is 15.2. The smallest absolute Gasteiger partial charge is 0.0242 e. The average molecular weight is 265 g/mol. The summed E-state index contributed by atoms with van der Waals surface area (Å²) in [5.41, 5.74) is 1.28. The summed E-state index contributed by atoms with van der Waals surface area (Å²) in [6, 6.07) is 0. The minimum atomic E-state index is 0.630. The van der Waals surface area contributed by atoms with Crippen molar-refractivity contribution < 1.29 is 0 Å². The van der Waals surface area contributed by atoms with Crippen molar-refractivity contribution in [3.63, 3.8) is 0 Å². The predicted octanol–water partition coefficient (Wildman–Crippen LogP) is 2.13. The van der Waals surface area contributed by atoms with E-state index in [1.165, 1.54) is 84.0 Å². The SMILES string of the molecule is C1CCC2(CC1)CCN2.CN1CCC12CCNCC2. The molecule has 19 heavy (non-hydrogen) atoms. The Hall–Kier alpha value is -0.120. The molecule has 4 rings (SSSR count). The van der Waals surface area contributed by atoms with E-state index in [1.54, 1.807) is 0 Å². The third-order valence-corrected chi connectivity index (χ3v) is 6.17. The van der Waals surface area contributed by atoms with Crippen LogP contribution < -0.4 is 10.6 Å². The lowest BCUT2D eigenvalue weighted by Crippen LogP contribution is -2.61. The number of rotatable bonds is 0. The minimum Gasteiger partial charge on any atom is -0.317 e. The van der Waals surface area contributed by atoms with Gasteiger partial charge in [-0.3, -0.25) is 0 Å². The first-order valence-electron chi connectivity index (χ1n) is 8.42. The fraction of sp³-hybridized carbons (Fsp3) is 1.00. The van der Waals surface area contributed by atoms with Gasteiger partial charge in [-0.1, -0.05) is 19.3 Å². The lowest BCUT2D eigenvalue weighted by Gasteiger charge is -2.53. The van der Waals surface area contributed by atoms with Gasteiger partial charge in [-0.2, -0.15) is 0 Å². The van der Waals surface area contributed by atoms with E-state index in [-0.39, 0.29) is 0 Å². The summed E-state index contributed by atoms with van der Waals surface area (Å²) in [6.07, 6.45) is 12.9. The summed E-state index contributed by atoms with van der Waals surface area (Å²) in [7, 11) is 2.26. The topological polar surface area (TPSA) is 27.3 Å². The molecule has 2 spiro atoms. The fourth-order valence-electron chi connectivity index (χ4n) is 4.31. The van der Waals surface area contributed by atoms with Crippen LogP contribution in [-0.2, 0) is 0 Å². The molecule has 3 heterocycles. The van der Waals surface area contributed by atoms with Crippen LogP contribution in [0, 0.1) is 0 Å².